The Bertz CT molecular complexity index is 950. The molecule has 0 fully saturated rings. The van der Waals surface area contributed by atoms with Crippen molar-refractivity contribution in [2.24, 2.45) is 0 Å². The number of nitrogens with two attached hydrogens (primary N) is 1. The topological polar surface area (TPSA) is 78.1 Å². The molecule has 3 aromatic rings. The first-order chi connectivity index (χ1) is 13.0. The predicted octanol–water partition coefficient (Wildman–Crippen LogP) is 4.55. The maximum atomic E-state index is 11.3. The minimum Gasteiger partial charge on any atom is -0.489 e. The van der Waals surface area contributed by atoms with Gasteiger partial charge in [0.25, 0.3) is 0 Å². The van der Waals surface area contributed by atoms with E-state index in [1.54, 1.807) is 12.4 Å². The highest BCUT2D eigenvalue weighted by Crippen LogP contribution is 2.29. The molecule has 0 saturated carbocycles. The number of carbonyl (C=O) groups excluding carboxylic acids is 1. The Labute approximate surface area is 159 Å². The monoisotopic (exact) mass is 361 g/mol. The van der Waals surface area contributed by atoms with Crippen LogP contribution in [0.4, 0.5) is 5.69 Å². The van der Waals surface area contributed by atoms with Crippen LogP contribution in [-0.4, -0.2) is 22.4 Å². The molecular weight excluding hydrogens is 338 g/mol. The molecule has 0 aliphatic heterocycles. The van der Waals surface area contributed by atoms with Crippen LogP contribution >= 0.6 is 0 Å². The van der Waals surface area contributed by atoms with Crippen LogP contribution < -0.4 is 10.5 Å². The summed E-state index contributed by atoms with van der Waals surface area (Å²) in [6, 6.07) is 11.2. The van der Waals surface area contributed by atoms with Crippen LogP contribution in [0.15, 0.2) is 48.8 Å². The molecule has 2 aromatic carbocycles. The average Bonchev–Trinajstić information content (AvgIpc) is 2.68. The van der Waals surface area contributed by atoms with Crippen molar-refractivity contribution >= 4 is 12.0 Å². The minimum atomic E-state index is 0.0589. The number of benzene rings is 2. The van der Waals surface area contributed by atoms with E-state index in [2.05, 4.69) is 9.97 Å². The van der Waals surface area contributed by atoms with Gasteiger partial charge < -0.3 is 10.5 Å². The Hall–Kier alpha value is -3.21. The van der Waals surface area contributed by atoms with Crippen LogP contribution in [0.3, 0.4) is 0 Å². The lowest BCUT2D eigenvalue weighted by Crippen LogP contribution is -2.07. The smallest absolute Gasteiger partial charge is 0.159 e. The maximum absolute atomic E-state index is 11.3. The van der Waals surface area contributed by atoms with E-state index in [0.29, 0.717) is 22.8 Å². The third kappa shape index (κ3) is 3.97. The molecular formula is C22H23N3O2. The predicted molar refractivity (Wildman–Crippen MR) is 108 cm³/mol. The number of aldehydes is 1. The summed E-state index contributed by atoms with van der Waals surface area (Å²) >= 11 is 0. The van der Waals surface area contributed by atoms with Gasteiger partial charge in [-0.1, -0.05) is 25.1 Å². The van der Waals surface area contributed by atoms with Gasteiger partial charge in [0.1, 0.15) is 12.0 Å². The number of nitrogens with zero attached hydrogens (tertiary/aromatic N) is 2. The number of aromatic nitrogens is 2. The average molecular weight is 361 g/mol. The molecule has 138 valence electrons. The summed E-state index contributed by atoms with van der Waals surface area (Å²) in [5.74, 6) is 1.25. The molecule has 3 rings (SSSR count). The van der Waals surface area contributed by atoms with Crippen molar-refractivity contribution < 1.29 is 9.53 Å². The first-order valence-electron chi connectivity index (χ1n) is 8.99. The number of ether oxygens (including phenoxy) is 1. The summed E-state index contributed by atoms with van der Waals surface area (Å²) in [4.78, 5) is 20.3. The van der Waals surface area contributed by atoms with Crippen molar-refractivity contribution in [3.8, 4) is 28.3 Å². The molecule has 0 aliphatic carbocycles. The summed E-state index contributed by atoms with van der Waals surface area (Å²) < 4.78 is 5.67. The highest BCUT2D eigenvalue weighted by atomic mass is 16.5. The summed E-state index contributed by atoms with van der Waals surface area (Å²) in [7, 11) is 0. The van der Waals surface area contributed by atoms with Crippen LogP contribution in [0.2, 0.25) is 0 Å². The van der Waals surface area contributed by atoms with E-state index in [0.717, 1.165) is 35.0 Å². The van der Waals surface area contributed by atoms with Crippen molar-refractivity contribution in [3.63, 3.8) is 0 Å². The van der Waals surface area contributed by atoms with E-state index in [9.17, 15) is 4.79 Å². The molecule has 0 spiro atoms. The van der Waals surface area contributed by atoms with Gasteiger partial charge in [0.2, 0.25) is 0 Å². The van der Waals surface area contributed by atoms with Crippen molar-refractivity contribution in [2.75, 3.05) is 5.73 Å². The molecule has 0 atom stereocenters. The number of carbonyl (C=O) groups is 1. The fourth-order valence-electron chi connectivity index (χ4n) is 3.05. The first-order valence-corrected chi connectivity index (χ1v) is 8.99. The number of rotatable bonds is 6. The molecule has 1 aromatic heterocycles. The van der Waals surface area contributed by atoms with Crippen LogP contribution in [-0.2, 0) is 6.42 Å². The van der Waals surface area contributed by atoms with Gasteiger partial charge in [-0.05, 0) is 49.6 Å². The molecule has 1 heterocycles. The molecule has 0 radical (unpaired) electrons. The number of nitrogen functional groups attached to an aromatic ring is 1. The van der Waals surface area contributed by atoms with Crippen LogP contribution in [0.25, 0.3) is 22.5 Å². The normalized spacial score (nSPS) is 10.8. The summed E-state index contributed by atoms with van der Waals surface area (Å²) in [5.41, 5.74) is 11.0. The van der Waals surface area contributed by atoms with Crippen molar-refractivity contribution in [3.05, 3.63) is 59.9 Å². The van der Waals surface area contributed by atoms with Gasteiger partial charge in [-0.15, -0.1) is 0 Å². The largest absolute Gasteiger partial charge is 0.489 e. The molecule has 27 heavy (non-hydrogen) atoms. The fourth-order valence-corrected chi connectivity index (χ4v) is 3.05. The van der Waals surface area contributed by atoms with Gasteiger partial charge in [0.05, 0.1) is 11.8 Å². The van der Waals surface area contributed by atoms with E-state index < -0.39 is 0 Å². The van der Waals surface area contributed by atoms with E-state index in [4.69, 9.17) is 10.5 Å². The summed E-state index contributed by atoms with van der Waals surface area (Å²) in [5, 5.41) is 0. The summed E-state index contributed by atoms with van der Waals surface area (Å²) in [6.45, 7) is 5.95. The Kier molecular flexibility index (Phi) is 5.50. The minimum absolute atomic E-state index is 0.0589. The standard InChI is InChI=1S/C22H23N3O2/c1-4-18-16(13-26)6-5-7-19(18)17-11-24-22(25-12-17)15-8-9-21(20(23)10-15)27-14(2)3/h5-14H,4,23H2,1-3H3. The van der Waals surface area contributed by atoms with Gasteiger partial charge in [-0.3, -0.25) is 4.79 Å². The molecule has 5 nitrogen and oxygen atoms in total. The number of hydrogen-bond donors (Lipinski definition) is 1. The zero-order chi connectivity index (χ0) is 19.4. The van der Waals surface area contributed by atoms with Gasteiger partial charge in [0.15, 0.2) is 5.82 Å². The van der Waals surface area contributed by atoms with E-state index in [1.807, 2.05) is 57.2 Å². The van der Waals surface area contributed by atoms with Gasteiger partial charge in [0, 0.05) is 29.1 Å². The molecule has 0 bridgehead atoms. The van der Waals surface area contributed by atoms with Crippen molar-refractivity contribution in [2.45, 2.75) is 33.3 Å². The third-order valence-corrected chi connectivity index (χ3v) is 4.29. The lowest BCUT2D eigenvalue weighted by molar-refractivity contribution is 0.112. The molecule has 0 amide bonds. The lowest BCUT2D eigenvalue weighted by Gasteiger charge is -2.13. The van der Waals surface area contributed by atoms with E-state index in [1.165, 1.54) is 0 Å². The van der Waals surface area contributed by atoms with E-state index in [-0.39, 0.29) is 6.10 Å². The number of anilines is 1. The van der Waals surface area contributed by atoms with Crippen LogP contribution in [0.1, 0.15) is 36.7 Å². The van der Waals surface area contributed by atoms with Gasteiger partial charge >= 0.3 is 0 Å². The Morgan fingerprint density at radius 1 is 1.11 bits per heavy atom. The van der Waals surface area contributed by atoms with Crippen molar-refractivity contribution in [1.29, 1.82) is 0 Å². The fraction of sp³-hybridized carbons (Fsp3) is 0.227. The van der Waals surface area contributed by atoms with Gasteiger partial charge in [-0.2, -0.15) is 0 Å². The van der Waals surface area contributed by atoms with E-state index >= 15 is 0 Å². The zero-order valence-electron chi connectivity index (χ0n) is 15.8. The van der Waals surface area contributed by atoms with Crippen molar-refractivity contribution in [1.82, 2.24) is 9.97 Å². The maximum Gasteiger partial charge on any atom is 0.159 e. The zero-order valence-corrected chi connectivity index (χ0v) is 15.8. The van der Waals surface area contributed by atoms with Crippen LogP contribution in [0.5, 0.6) is 5.75 Å². The highest BCUT2D eigenvalue weighted by Gasteiger charge is 2.11. The second kappa shape index (κ2) is 7.99. The van der Waals surface area contributed by atoms with Gasteiger partial charge in [-0.25, -0.2) is 9.97 Å². The second-order valence-electron chi connectivity index (χ2n) is 6.56. The molecule has 5 heteroatoms. The number of hydrogen-bond acceptors (Lipinski definition) is 5. The highest BCUT2D eigenvalue weighted by molar-refractivity contribution is 5.83. The Morgan fingerprint density at radius 2 is 1.85 bits per heavy atom. The quantitative estimate of drug-likeness (QED) is 0.514. The molecule has 2 N–H and O–H groups in total. The molecule has 0 saturated heterocycles. The molecule has 0 unspecified atom stereocenters. The summed E-state index contributed by atoms with van der Waals surface area (Å²) in [6.07, 6.45) is 5.27. The first kappa shape index (κ1) is 18.6. The second-order valence-corrected chi connectivity index (χ2v) is 6.56. The van der Waals surface area contributed by atoms with Crippen LogP contribution in [0, 0.1) is 0 Å². The third-order valence-electron chi connectivity index (χ3n) is 4.29. The SMILES string of the molecule is CCc1c(C=O)cccc1-c1cnc(-c2ccc(OC(C)C)c(N)c2)nc1. The molecule has 0 aliphatic rings. The Morgan fingerprint density at radius 3 is 2.44 bits per heavy atom. The Balaban J connectivity index is 1.93. The lowest BCUT2D eigenvalue weighted by atomic mass is 9.96.